The first-order valence-corrected chi connectivity index (χ1v) is 10.3. The second kappa shape index (κ2) is 8.00. The van der Waals surface area contributed by atoms with Crippen LogP contribution >= 0.6 is 22.9 Å². The fourth-order valence-corrected chi connectivity index (χ4v) is 4.43. The summed E-state index contributed by atoms with van der Waals surface area (Å²) in [6.45, 7) is 0. The predicted molar refractivity (Wildman–Crippen MR) is 107 cm³/mol. The number of nitrogens with one attached hydrogen (secondary N) is 2. The number of nitrogens with zero attached hydrogens (tertiary/aromatic N) is 2. The molecule has 170 valence electrons. The molecule has 5 nitrogen and oxygen atoms in total. The monoisotopic (exact) mass is 494 g/mol. The summed E-state index contributed by atoms with van der Waals surface area (Å²) in [4.78, 5) is 13.3. The van der Waals surface area contributed by atoms with E-state index in [0.29, 0.717) is 15.6 Å². The number of carbonyl (C=O) groups excluding carboxylic acids is 1. The molecule has 1 amide bonds. The van der Waals surface area contributed by atoms with Crippen molar-refractivity contribution < 1.29 is 31.1 Å². The number of fused-ring (bicyclic) bond motifs is 1. The number of aromatic nitrogens is 2. The van der Waals surface area contributed by atoms with Crippen LogP contribution in [0.3, 0.4) is 0 Å². The molecule has 1 aromatic carbocycles. The van der Waals surface area contributed by atoms with Gasteiger partial charge in [-0.2, -0.15) is 31.4 Å². The summed E-state index contributed by atoms with van der Waals surface area (Å²) < 4.78 is 80.5. The first-order chi connectivity index (χ1) is 14.9. The lowest BCUT2D eigenvalue weighted by molar-refractivity contribution is -0.173. The molecule has 32 heavy (non-hydrogen) atoms. The van der Waals surface area contributed by atoms with E-state index in [0.717, 1.165) is 12.1 Å². The summed E-state index contributed by atoms with van der Waals surface area (Å²) in [6.07, 6.45) is -9.67. The Bertz CT molecular complexity index is 1140. The van der Waals surface area contributed by atoms with Gasteiger partial charge >= 0.3 is 12.4 Å². The second-order valence-electron chi connectivity index (χ2n) is 6.99. The number of benzene rings is 1. The fraction of sp³-hybridized carbons (Fsp3) is 0.263. The van der Waals surface area contributed by atoms with Gasteiger partial charge in [0.25, 0.3) is 5.91 Å². The summed E-state index contributed by atoms with van der Waals surface area (Å²) in [6, 6.07) is 4.45. The highest BCUT2D eigenvalue weighted by atomic mass is 35.5. The Morgan fingerprint density at radius 1 is 1.19 bits per heavy atom. The van der Waals surface area contributed by atoms with Gasteiger partial charge in [0, 0.05) is 17.0 Å². The Kier molecular flexibility index (Phi) is 5.61. The topological polar surface area (TPSA) is 59.0 Å². The molecule has 4 rings (SSSR count). The average molecular weight is 495 g/mol. The van der Waals surface area contributed by atoms with Crippen molar-refractivity contribution in [1.82, 2.24) is 9.78 Å². The minimum atomic E-state index is -4.67. The van der Waals surface area contributed by atoms with Crippen LogP contribution in [0.4, 0.5) is 37.8 Å². The Labute approximate surface area is 186 Å². The standard InChI is InChI=1S/C19H13ClF6N4OS/c20-14-15(17(31)27-10-4-1-3-9(7-10)18(21,22)23)29-30-13(19(24,25)26)8-11(28-16(14)30)12-5-2-6-32-12/h1-7,11,13,28H,8H2,(H,27,31)/t11-,13-/m1/s1. The van der Waals surface area contributed by atoms with E-state index in [1.54, 1.807) is 17.5 Å². The summed E-state index contributed by atoms with van der Waals surface area (Å²) >= 11 is 7.47. The molecular weight excluding hydrogens is 482 g/mol. The summed E-state index contributed by atoms with van der Waals surface area (Å²) in [5.74, 6) is -1.22. The molecule has 0 spiro atoms. The van der Waals surface area contributed by atoms with E-state index in [-0.39, 0.29) is 22.9 Å². The molecule has 13 heteroatoms. The van der Waals surface area contributed by atoms with Crippen LogP contribution in [-0.4, -0.2) is 21.9 Å². The molecule has 0 saturated carbocycles. The first kappa shape index (κ1) is 22.5. The van der Waals surface area contributed by atoms with Crippen molar-refractivity contribution in [2.45, 2.75) is 30.9 Å². The molecule has 0 aliphatic carbocycles. The quantitative estimate of drug-likeness (QED) is 0.407. The largest absolute Gasteiger partial charge is 0.416 e. The number of hydrogen-bond acceptors (Lipinski definition) is 4. The van der Waals surface area contributed by atoms with Gasteiger partial charge in [0.15, 0.2) is 11.7 Å². The Hall–Kier alpha value is -2.73. The van der Waals surface area contributed by atoms with Gasteiger partial charge in [-0.15, -0.1) is 11.3 Å². The van der Waals surface area contributed by atoms with Crippen molar-refractivity contribution in [3.63, 3.8) is 0 Å². The molecule has 2 N–H and O–H groups in total. The van der Waals surface area contributed by atoms with Crippen LogP contribution in [0.1, 0.15) is 39.4 Å². The number of carbonyl (C=O) groups is 1. The van der Waals surface area contributed by atoms with E-state index in [1.807, 2.05) is 0 Å². The zero-order valence-corrected chi connectivity index (χ0v) is 17.3. The molecule has 2 atom stereocenters. The molecule has 0 unspecified atom stereocenters. The Morgan fingerprint density at radius 3 is 2.56 bits per heavy atom. The molecule has 3 aromatic rings. The molecule has 1 aliphatic rings. The van der Waals surface area contributed by atoms with Gasteiger partial charge in [0.2, 0.25) is 0 Å². The van der Waals surface area contributed by atoms with Crippen LogP contribution in [0.2, 0.25) is 5.02 Å². The van der Waals surface area contributed by atoms with Gasteiger partial charge in [0.1, 0.15) is 10.8 Å². The Morgan fingerprint density at radius 2 is 1.94 bits per heavy atom. The van der Waals surface area contributed by atoms with Gasteiger partial charge < -0.3 is 10.6 Å². The maximum atomic E-state index is 13.7. The summed E-state index contributed by atoms with van der Waals surface area (Å²) in [5, 5.41) is 10.2. The van der Waals surface area contributed by atoms with E-state index in [1.165, 1.54) is 17.4 Å². The van der Waals surface area contributed by atoms with Crippen molar-refractivity contribution in [2.75, 3.05) is 10.6 Å². The molecule has 0 bridgehead atoms. The maximum Gasteiger partial charge on any atom is 0.416 e. The van der Waals surface area contributed by atoms with Gasteiger partial charge in [-0.05, 0) is 29.6 Å². The van der Waals surface area contributed by atoms with E-state index >= 15 is 0 Å². The highest BCUT2D eigenvalue weighted by Gasteiger charge is 2.48. The SMILES string of the molecule is O=C(Nc1cccc(C(F)(F)F)c1)c1nn2c(c1Cl)N[C@@H](c1cccs1)C[C@@H]2C(F)(F)F. The number of halogens is 7. The third kappa shape index (κ3) is 4.29. The molecule has 1 aliphatic heterocycles. The highest BCUT2D eigenvalue weighted by molar-refractivity contribution is 7.10. The summed E-state index contributed by atoms with van der Waals surface area (Å²) in [7, 11) is 0. The van der Waals surface area contributed by atoms with Crippen LogP contribution in [0.15, 0.2) is 41.8 Å². The number of thiophene rings is 1. The number of alkyl halides is 6. The lowest BCUT2D eigenvalue weighted by atomic mass is 10.0. The Balaban J connectivity index is 1.67. The van der Waals surface area contributed by atoms with E-state index < -0.39 is 41.6 Å². The van der Waals surface area contributed by atoms with E-state index in [9.17, 15) is 31.1 Å². The molecular formula is C19H13ClF6N4OS. The minimum Gasteiger partial charge on any atom is -0.361 e. The van der Waals surface area contributed by atoms with Crippen molar-refractivity contribution >= 4 is 40.4 Å². The first-order valence-electron chi connectivity index (χ1n) is 9.08. The van der Waals surface area contributed by atoms with Crippen molar-refractivity contribution in [2.24, 2.45) is 0 Å². The number of amides is 1. The van der Waals surface area contributed by atoms with Crippen molar-refractivity contribution in [3.8, 4) is 0 Å². The number of rotatable bonds is 3. The van der Waals surface area contributed by atoms with Gasteiger partial charge in [-0.1, -0.05) is 23.7 Å². The maximum absolute atomic E-state index is 13.7. The van der Waals surface area contributed by atoms with E-state index in [2.05, 4.69) is 15.7 Å². The van der Waals surface area contributed by atoms with Crippen LogP contribution in [0, 0.1) is 0 Å². The fourth-order valence-electron chi connectivity index (χ4n) is 3.37. The molecule has 2 aromatic heterocycles. The van der Waals surface area contributed by atoms with Gasteiger partial charge in [0.05, 0.1) is 11.6 Å². The minimum absolute atomic E-state index is 0.187. The average Bonchev–Trinajstić information content (AvgIpc) is 3.35. The van der Waals surface area contributed by atoms with Gasteiger partial charge in [-0.25, -0.2) is 4.68 Å². The van der Waals surface area contributed by atoms with Crippen molar-refractivity contribution in [3.05, 3.63) is 62.9 Å². The lowest BCUT2D eigenvalue weighted by Gasteiger charge is -2.32. The third-order valence-corrected chi connectivity index (χ3v) is 6.19. The summed E-state index contributed by atoms with van der Waals surface area (Å²) in [5.41, 5.74) is -1.74. The highest BCUT2D eigenvalue weighted by Crippen LogP contribution is 2.47. The van der Waals surface area contributed by atoms with Crippen LogP contribution < -0.4 is 10.6 Å². The van der Waals surface area contributed by atoms with E-state index in [4.69, 9.17) is 11.6 Å². The molecule has 0 fully saturated rings. The number of anilines is 2. The zero-order chi connectivity index (χ0) is 23.3. The molecule has 0 radical (unpaired) electrons. The zero-order valence-electron chi connectivity index (χ0n) is 15.8. The van der Waals surface area contributed by atoms with Crippen LogP contribution in [-0.2, 0) is 6.18 Å². The lowest BCUT2D eigenvalue weighted by Crippen LogP contribution is -2.35. The molecule has 0 saturated heterocycles. The van der Waals surface area contributed by atoms with Crippen LogP contribution in [0.25, 0.3) is 0 Å². The predicted octanol–water partition coefficient (Wildman–Crippen LogP) is 6.53. The van der Waals surface area contributed by atoms with Crippen molar-refractivity contribution in [1.29, 1.82) is 0 Å². The normalized spacial score (nSPS) is 18.7. The number of hydrogen-bond donors (Lipinski definition) is 2. The van der Waals surface area contributed by atoms with Crippen LogP contribution in [0.5, 0.6) is 0 Å². The smallest absolute Gasteiger partial charge is 0.361 e. The second-order valence-corrected chi connectivity index (χ2v) is 8.35. The molecule has 3 heterocycles. The third-order valence-electron chi connectivity index (χ3n) is 4.85. The van der Waals surface area contributed by atoms with Gasteiger partial charge in [-0.3, -0.25) is 4.79 Å².